The van der Waals surface area contributed by atoms with E-state index in [-0.39, 0.29) is 0 Å². The second-order valence-electron chi connectivity index (χ2n) is 5.98. The fourth-order valence-corrected chi connectivity index (χ4v) is 3.05. The smallest absolute Gasteiger partial charge is 0.0476 e. The molecule has 2 unspecified atom stereocenters. The second kappa shape index (κ2) is 7.77. The maximum atomic E-state index is 6.11. The minimum Gasteiger partial charge on any atom is -0.329 e. The van der Waals surface area contributed by atoms with Crippen LogP contribution in [-0.4, -0.2) is 49.6 Å². The molecule has 0 bridgehead atoms. The summed E-state index contributed by atoms with van der Waals surface area (Å²) in [6.07, 6.45) is 0. The molecule has 0 aliphatic rings. The average Bonchev–Trinajstić information content (AvgIpc) is 2.38. The lowest BCUT2D eigenvalue weighted by Gasteiger charge is -2.37. The van der Waals surface area contributed by atoms with Crippen molar-refractivity contribution in [2.45, 2.75) is 39.8 Å². The van der Waals surface area contributed by atoms with E-state index in [1.54, 1.807) is 0 Å². The van der Waals surface area contributed by atoms with Gasteiger partial charge in [-0.1, -0.05) is 25.1 Å². The quantitative estimate of drug-likeness (QED) is 0.831. The van der Waals surface area contributed by atoms with Crippen LogP contribution < -0.4 is 5.73 Å². The van der Waals surface area contributed by atoms with Gasteiger partial charge in [0, 0.05) is 25.2 Å². The van der Waals surface area contributed by atoms with Crippen molar-refractivity contribution in [1.29, 1.82) is 0 Å². The molecule has 3 heteroatoms. The van der Waals surface area contributed by atoms with Gasteiger partial charge < -0.3 is 10.6 Å². The molecule has 2 atom stereocenters. The fraction of sp³-hybridized carbons (Fsp3) is 0.647. The molecular weight excluding hydrogens is 246 g/mol. The fourth-order valence-electron chi connectivity index (χ4n) is 3.05. The Labute approximate surface area is 124 Å². The molecule has 0 saturated heterocycles. The second-order valence-corrected chi connectivity index (χ2v) is 5.98. The molecule has 0 spiro atoms. The van der Waals surface area contributed by atoms with Crippen molar-refractivity contribution >= 4 is 0 Å². The Morgan fingerprint density at radius 2 is 1.85 bits per heavy atom. The van der Waals surface area contributed by atoms with E-state index in [4.69, 9.17) is 5.73 Å². The van der Waals surface area contributed by atoms with Gasteiger partial charge in [-0.25, -0.2) is 0 Å². The maximum absolute atomic E-state index is 6.11. The summed E-state index contributed by atoms with van der Waals surface area (Å²) < 4.78 is 0. The van der Waals surface area contributed by atoms with Crippen LogP contribution in [0, 0.1) is 13.8 Å². The molecule has 0 saturated carbocycles. The van der Waals surface area contributed by atoms with Crippen molar-refractivity contribution in [1.82, 2.24) is 9.80 Å². The molecule has 0 aromatic heterocycles. The molecular formula is C17H31N3. The number of benzene rings is 1. The van der Waals surface area contributed by atoms with Crippen LogP contribution in [0.5, 0.6) is 0 Å². The first-order chi connectivity index (χ1) is 9.42. The predicted molar refractivity (Wildman–Crippen MR) is 88.1 cm³/mol. The summed E-state index contributed by atoms with van der Waals surface area (Å²) in [5.41, 5.74) is 10.2. The standard InChI is InChI=1S/C17H31N3/c1-7-20(14(3)12-19(5)6)17(11-18)16-10-8-9-13(2)15(16)4/h8-10,14,17H,7,11-12,18H2,1-6H3. The molecule has 3 nitrogen and oxygen atoms in total. The van der Waals surface area contributed by atoms with Gasteiger partial charge in [0.05, 0.1) is 0 Å². The summed E-state index contributed by atoms with van der Waals surface area (Å²) in [7, 11) is 4.25. The molecule has 0 fully saturated rings. The number of likely N-dealkylation sites (N-methyl/N-ethyl adjacent to an activating group) is 2. The minimum absolute atomic E-state index is 0.301. The van der Waals surface area contributed by atoms with Crippen LogP contribution >= 0.6 is 0 Å². The summed E-state index contributed by atoms with van der Waals surface area (Å²) in [5.74, 6) is 0. The van der Waals surface area contributed by atoms with E-state index in [1.165, 1.54) is 16.7 Å². The molecule has 0 aliphatic heterocycles. The Morgan fingerprint density at radius 3 is 2.35 bits per heavy atom. The Kier molecular flexibility index (Phi) is 6.66. The highest BCUT2D eigenvalue weighted by Gasteiger charge is 2.24. The third kappa shape index (κ3) is 4.05. The van der Waals surface area contributed by atoms with E-state index in [1.807, 2.05) is 0 Å². The van der Waals surface area contributed by atoms with Crippen LogP contribution in [0.1, 0.15) is 36.6 Å². The highest BCUT2D eigenvalue weighted by atomic mass is 15.2. The maximum Gasteiger partial charge on any atom is 0.0476 e. The molecule has 0 radical (unpaired) electrons. The Balaban J connectivity index is 3.05. The SMILES string of the molecule is CCN(C(C)CN(C)C)C(CN)c1cccc(C)c1C. The monoisotopic (exact) mass is 277 g/mol. The number of nitrogens with zero attached hydrogens (tertiary/aromatic N) is 2. The number of rotatable bonds is 7. The van der Waals surface area contributed by atoms with E-state index in [0.717, 1.165) is 13.1 Å². The van der Waals surface area contributed by atoms with Gasteiger partial charge >= 0.3 is 0 Å². The molecule has 1 aromatic carbocycles. The van der Waals surface area contributed by atoms with Crippen LogP contribution in [0.3, 0.4) is 0 Å². The van der Waals surface area contributed by atoms with E-state index >= 15 is 0 Å². The van der Waals surface area contributed by atoms with Gasteiger partial charge in [0.1, 0.15) is 0 Å². The largest absolute Gasteiger partial charge is 0.329 e. The first-order valence-electron chi connectivity index (χ1n) is 7.59. The normalized spacial score (nSPS) is 14.8. The summed E-state index contributed by atoms with van der Waals surface area (Å²) >= 11 is 0. The third-order valence-corrected chi connectivity index (χ3v) is 4.19. The van der Waals surface area contributed by atoms with Crippen molar-refractivity contribution < 1.29 is 0 Å². The highest BCUT2D eigenvalue weighted by molar-refractivity contribution is 5.35. The Bertz CT molecular complexity index is 415. The molecule has 1 aromatic rings. The average molecular weight is 277 g/mol. The lowest BCUT2D eigenvalue weighted by atomic mass is 9.95. The number of hydrogen-bond donors (Lipinski definition) is 1. The molecule has 0 heterocycles. The highest BCUT2D eigenvalue weighted by Crippen LogP contribution is 2.26. The number of aryl methyl sites for hydroxylation is 1. The van der Waals surface area contributed by atoms with E-state index in [9.17, 15) is 0 Å². The van der Waals surface area contributed by atoms with Crippen LogP contribution in [0.15, 0.2) is 18.2 Å². The van der Waals surface area contributed by atoms with Gasteiger partial charge in [-0.2, -0.15) is 0 Å². The summed E-state index contributed by atoms with van der Waals surface area (Å²) in [4.78, 5) is 4.76. The van der Waals surface area contributed by atoms with Crippen molar-refractivity contribution in [2.75, 3.05) is 33.7 Å². The first kappa shape index (κ1) is 17.2. The van der Waals surface area contributed by atoms with E-state index < -0.39 is 0 Å². The molecule has 114 valence electrons. The molecule has 2 N–H and O–H groups in total. The van der Waals surface area contributed by atoms with Crippen LogP contribution in [-0.2, 0) is 0 Å². The molecule has 0 amide bonds. The molecule has 20 heavy (non-hydrogen) atoms. The molecule has 1 rings (SSSR count). The molecule has 0 aliphatic carbocycles. The lowest BCUT2D eigenvalue weighted by molar-refractivity contribution is 0.130. The zero-order valence-electron chi connectivity index (χ0n) is 14.0. The summed E-state index contributed by atoms with van der Waals surface area (Å²) in [6.45, 7) is 11.6. The summed E-state index contributed by atoms with van der Waals surface area (Å²) in [5, 5.41) is 0. The summed E-state index contributed by atoms with van der Waals surface area (Å²) in [6, 6.07) is 7.33. The van der Waals surface area contributed by atoms with Crippen LogP contribution in [0.2, 0.25) is 0 Å². The third-order valence-electron chi connectivity index (χ3n) is 4.19. The minimum atomic E-state index is 0.301. The van der Waals surface area contributed by atoms with Crippen LogP contribution in [0.4, 0.5) is 0 Å². The first-order valence-corrected chi connectivity index (χ1v) is 7.59. The van der Waals surface area contributed by atoms with Crippen LogP contribution in [0.25, 0.3) is 0 Å². The number of nitrogens with two attached hydrogens (primary N) is 1. The number of hydrogen-bond acceptors (Lipinski definition) is 3. The van der Waals surface area contributed by atoms with Gasteiger partial charge in [0.15, 0.2) is 0 Å². The van der Waals surface area contributed by atoms with Crippen molar-refractivity contribution in [3.63, 3.8) is 0 Å². The van der Waals surface area contributed by atoms with Gasteiger partial charge in [0.2, 0.25) is 0 Å². The van der Waals surface area contributed by atoms with Gasteiger partial charge in [-0.3, -0.25) is 4.90 Å². The predicted octanol–water partition coefficient (Wildman–Crippen LogP) is 2.58. The van der Waals surface area contributed by atoms with Gasteiger partial charge in [0.25, 0.3) is 0 Å². The zero-order valence-corrected chi connectivity index (χ0v) is 14.0. The Hall–Kier alpha value is -0.900. The van der Waals surface area contributed by atoms with Crippen molar-refractivity contribution in [3.8, 4) is 0 Å². The van der Waals surface area contributed by atoms with E-state index in [0.29, 0.717) is 18.6 Å². The van der Waals surface area contributed by atoms with Crippen molar-refractivity contribution in [3.05, 3.63) is 34.9 Å². The van der Waals surface area contributed by atoms with Crippen molar-refractivity contribution in [2.24, 2.45) is 5.73 Å². The lowest BCUT2D eigenvalue weighted by Crippen LogP contribution is -2.44. The topological polar surface area (TPSA) is 32.5 Å². The Morgan fingerprint density at radius 1 is 1.20 bits per heavy atom. The van der Waals surface area contributed by atoms with Gasteiger partial charge in [-0.05, 0) is 58.1 Å². The van der Waals surface area contributed by atoms with Gasteiger partial charge in [-0.15, -0.1) is 0 Å². The zero-order chi connectivity index (χ0) is 15.3. The van der Waals surface area contributed by atoms with E-state index in [2.05, 4.69) is 69.8 Å².